The summed E-state index contributed by atoms with van der Waals surface area (Å²) in [5.74, 6) is -0.620. The average molecular weight is 240 g/mol. The van der Waals surface area contributed by atoms with Crippen molar-refractivity contribution in [2.45, 2.75) is 50.1 Å². The number of likely N-dealkylation sites (tertiary alicyclic amines) is 1. The van der Waals surface area contributed by atoms with E-state index in [1.807, 2.05) is 7.05 Å². The summed E-state index contributed by atoms with van der Waals surface area (Å²) in [5, 5.41) is 9.58. The number of rotatable bonds is 3. The van der Waals surface area contributed by atoms with Crippen molar-refractivity contribution in [1.29, 1.82) is 0 Å². The summed E-state index contributed by atoms with van der Waals surface area (Å²) in [6.45, 7) is 2.15. The molecule has 0 spiro atoms. The number of carboxylic acid groups (broad SMARTS) is 1. The summed E-state index contributed by atoms with van der Waals surface area (Å²) in [4.78, 5) is 16.1. The largest absolute Gasteiger partial charge is 0.480 e. The van der Waals surface area contributed by atoms with Crippen molar-refractivity contribution in [3.8, 4) is 0 Å². The van der Waals surface area contributed by atoms with Gasteiger partial charge in [-0.1, -0.05) is 12.8 Å². The number of hydrogen-bond acceptors (Lipinski definition) is 3. The molecule has 1 N–H and O–H groups in total. The molecule has 1 aliphatic heterocycles. The van der Waals surface area contributed by atoms with Crippen molar-refractivity contribution in [3.05, 3.63) is 0 Å². The summed E-state index contributed by atoms with van der Waals surface area (Å²) < 4.78 is 0. The van der Waals surface area contributed by atoms with Gasteiger partial charge < -0.3 is 10.0 Å². The van der Waals surface area contributed by atoms with Gasteiger partial charge in [0, 0.05) is 12.6 Å². The topological polar surface area (TPSA) is 43.8 Å². The molecule has 0 amide bonds. The lowest BCUT2D eigenvalue weighted by Crippen LogP contribution is -2.58. The summed E-state index contributed by atoms with van der Waals surface area (Å²) >= 11 is 0. The van der Waals surface area contributed by atoms with Gasteiger partial charge in [0.1, 0.15) is 5.54 Å². The van der Waals surface area contributed by atoms with E-state index in [0.717, 1.165) is 45.2 Å². The summed E-state index contributed by atoms with van der Waals surface area (Å²) in [6, 6.07) is 0.406. The van der Waals surface area contributed by atoms with Crippen molar-refractivity contribution in [3.63, 3.8) is 0 Å². The Morgan fingerprint density at radius 2 is 2.00 bits per heavy atom. The molecule has 0 bridgehead atoms. The first-order valence-electron chi connectivity index (χ1n) is 6.71. The molecule has 1 unspecified atom stereocenters. The third-order valence-corrected chi connectivity index (χ3v) is 4.65. The van der Waals surface area contributed by atoms with Crippen LogP contribution in [0.15, 0.2) is 0 Å². The maximum atomic E-state index is 11.6. The maximum absolute atomic E-state index is 11.6. The Morgan fingerprint density at radius 3 is 2.53 bits per heavy atom. The molecule has 0 aromatic heterocycles. The quantitative estimate of drug-likeness (QED) is 0.810. The van der Waals surface area contributed by atoms with Gasteiger partial charge in [-0.05, 0) is 46.3 Å². The number of nitrogens with zero attached hydrogens (tertiary/aromatic N) is 2. The van der Waals surface area contributed by atoms with Gasteiger partial charge in [-0.25, -0.2) is 0 Å². The summed E-state index contributed by atoms with van der Waals surface area (Å²) in [5.41, 5.74) is -0.581. The molecule has 1 aliphatic carbocycles. The van der Waals surface area contributed by atoms with Crippen molar-refractivity contribution >= 4 is 5.97 Å². The Kier molecular flexibility index (Phi) is 3.73. The minimum absolute atomic E-state index is 0.406. The lowest BCUT2D eigenvalue weighted by molar-refractivity contribution is -0.152. The molecule has 0 aromatic rings. The molecule has 98 valence electrons. The molecular formula is C13H24N2O2. The second-order valence-electron chi connectivity index (χ2n) is 5.71. The highest BCUT2D eigenvalue weighted by Gasteiger charge is 2.47. The summed E-state index contributed by atoms with van der Waals surface area (Å²) in [7, 11) is 4.14. The van der Waals surface area contributed by atoms with E-state index in [9.17, 15) is 9.90 Å². The van der Waals surface area contributed by atoms with E-state index in [-0.39, 0.29) is 0 Å². The van der Waals surface area contributed by atoms with Crippen LogP contribution in [0.4, 0.5) is 0 Å². The van der Waals surface area contributed by atoms with Gasteiger partial charge in [-0.2, -0.15) is 0 Å². The molecule has 1 atom stereocenters. The summed E-state index contributed by atoms with van der Waals surface area (Å²) in [6.07, 6.45) is 6.06. The van der Waals surface area contributed by atoms with E-state index in [4.69, 9.17) is 0 Å². The molecule has 4 nitrogen and oxygen atoms in total. The monoisotopic (exact) mass is 240 g/mol. The Labute approximate surface area is 104 Å². The molecule has 2 rings (SSSR count). The fraction of sp³-hybridized carbons (Fsp3) is 0.923. The predicted molar refractivity (Wildman–Crippen MR) is 67.1 cm³/mol. The van der Waals surface area contributed by atoms with Crippen molar-refractivity contribution in [2.75, 3.05) is 27.2 Å². The maximum Gasteiger partial charge on any atom is 0.324 e. The van der Waals surface area contributed by atoms with Crippen LogP contribution in [0.5, 0.6) is 0 Å². The van der Waals surface area contributed by atoms with Gasteiger partial charge in [-0.15, -0.1) is 0 Å². The molecule has 2 fully saturated rings. The Balaban J connectivity index is 2.10. The SMILES string of the molecule is CN1CCCC(N(C)C2(C(=O)O)CCCC2)C1. The molecule has 1 saturated heterocycles. The molecular weight excluding hydrogens is 216 g/mol. The highest BCUT2D eigenvalue weighted by atomic mass is 16.4. The zero-order valence-electron chi connectivity index (χ0n) is 11.0. The minimum atomic E-state index is -0.620. The molecule has 0 radical (unpaired) electrons. The Hall–Kier alpha value is -0.610. The van der Waals surface area contributed by atoms with E-state index in [1.54, 1.807) is 0 Å². The van der Waals surface area contributed by atoms with Gasteiger partial charge in [0.25, 0.3) is 0 Å². The first kappa shape index (κ1) is 12.8. The van der Waals surface area contributed by atoms with Gasteiger partial charge in [0.15, 0.2) is 0 Å². The predicted octanol–water partition coefficient (Wildman–Crippen LogP) is 1.41. The van der Waals surface area contributed by atoms with E-state index in [0.29, 0.717) is 6.04 Å². The molecule has 4 heteroatoms. The van der Waals surface area contributed by atoms with Crippen LogP contribution in [0.1, 0.15) is 38.5 Å². The van der Waals surface area contributed by atoms with Gasteiger partial charge in [0.2, 0.25) is 0 Å². The second-order valence-corrected chi connectivity index (χ2v) is 5.71. The van der Waals surface area contributed by atoms with Gasteiger partial charge >= 0.3 is 5.97 Å². The van der Waals surface area contributed by atoms with Crippen LogP contribution < -0.4 is 0 Å². The standard InChI is InChI=1S/C13H24N2O2/c1-14-9-5-6-11(10-14)15(2)13(12(16)17)7-3-4-8-13/h11H,3-10H2,1-2H3,(H,16,17). The number of hydrogen-bond donors (Lipinski definition) is 1. The molecule has 1 heterocycles. The van der Waals surface area contributed by atoms with Crippen LogP contribution in [-0.2, 0) is 4.79 Å². The van der Waals surface area contributed by atoms with E-state index < -0.39 is 11.5 Å². The van der Waals surface area contributed by atoms with E-state index >= 15 is 0 Å². The third-order valence-electron chi connectivity index (χ3n) is 4.65. The number of likely N-dealkylation sites (N-methyl/N-ethyl adjacent to an activating group) is 2. The van der Waals surface area contributed by atoms with E-state index in [2.05, 4.69) is 16.8 Å². The lowest BCUT2D eigenvalue weighted by Gasteiger charge is -2.44. The lowest BCUT2D eigenvalue weighted by atomic mass is 9.91. The fourth-order valence-corrected chi connectivity index (χ4v) is 3.48. The smallest absolute Gasteiger partial charge is 0.324 e. The molecule has 1 saturated carbocycles. The third kappa shape index (κ3) is 2.33. The normalized spacial score (nSPS) is 29.7. The second kappa shape index (κ2) is 4.94. The first-order valence-corrected chi connectivity index (χ1v) is 6.71. The first-order chi connectivity index (χ1) is 8.06. The molecule has 0 aromatic carbocycles. The van der Waals surface area contributed by atoms with E-state index in [1.165, 1.54) is 6.42 Å². The fourth-order valence-electron chi connectivity index (χ4n) is 3.48. The van der Waals surface area contributed by atoms with Crippen LogP contribution in [0.25, 0.3) is 0 Å². The minimum Gasteiger partial charge on any atom is -0.480 e. The van der Waals surface area contributed by atoms with Gasteiger partial charge in [0.05, 0.1) is 0 Å². The van der Waals surface area contributed by atoms with Crippen LogP contribution in [0.2, 0.25) is 0 Å². The van der Waals surface area contributed by atoms with Crippen LogP contribution in [0, 0.1) is 0 Å². The van der Waals surface area contributed by atoms with Crippen LogP contribution >= 0.6 is 0 Å². The Bertz CT molecular complexity index is 287. The van der Waals surface area contributed by atoms with Crippen molar-refractivity contribution < 1.29 is 9.90 Å². The molecule has 17 heavy (non-hydrogen) atoms. The Morgan fingerprint density at radius 1 is 1.35 bits per heavy atom. The van der Waals surface area contributed by atoms with Crippen LogP contribution in [0.3, 0.4) is 0 Å². The highest BCUT2D eigenvalue weighted by molar-refractivity contribution is 5.79. The number of carboxylic acids is 1. The average Bonchev–Trinajstić information content (AvgIpc) is 2.78. The zero-order chi connectivity index (χ0) is 12.5. The highest BCUT2D eigenvalue weighted by Crippen LogP contribution is 2.37. The van der Waals surface area contributed by atoms with Crippen LogP contribution in [-0.4, -0.2) is 59.6 Å². The molecule has 2 aliphatic rings. The number of carbonyl (C=O) groups is 1. The zero-order valence-corrected chi connectivity index (χ0v) is 11.0. The number of piperidine rings is 1. The number of aliphatic carboxylic acids is 1. The van der Waals surface area contributed by atoms with Crippen molar-refractivity contribution in [1.82, 2.24) is 9.80 Å². The van der Waals surface area contributed by atoms with Gasteiger partial charge in [-0.3, -0.25) is 9.69 Å². The van der Waals surface area contributed by atoms with Crippen molar-refractivity contribution in [2.24, 2.45) is 0 Å².